The van der Waals surface area contributed by atoms with E-state index in [4.69, 9.17) is 14.2 Å². The van der Waals surface area contributed by atoms with Crippen LogP contribution in [0.25, 0.3) is 0 Å². The van der Waals surface area contributed by atoms with Crippen LogP contribution in [0.1, 0.15) is 19.5 Å². The van der Waals surface area contributed by atoms with Crippen molar-refractivity contribution in [1.82, 2.24) is 9.97 Å². The fourth-order valence-corrected chi connectivity index (χ4v) is 2.77. The average Bonchev–Trinajstić information content (AvgIpc) is 2.68. The normalized spacial score (nSPS) is 10.6. The third-order valence-corrected chi connectivity index (χ3v) is 3.99. The molecule has 2 N–H and O–H groups in total. The largest absolute Gasteiger partial charge is 0.493 e. The Kier molecular flexibility index (Phi) is 6.39. The van der Waals surface area contributed by atoms with Crippen LogP contribution in [-0.4, -0.2) is 30.3 Å². The first-order valence-electron chi connectivity index (χ1n) is 9.35. The van der Waals surface area contributed by atoms with E-state index < -0.39 is 0 Å². The highest BCUT2D eigenvalue weighted by Gasteiger charge is 2.08. The first-order valence-corrected chi connectivity index (χ1v) is 9.35. The lowest BCUT2D eigenvalue weighted by Crippen LogP contribution is -2.05. The first kappa shape index (κ1) is 20.3. The molecule has 0 radical (unpaired) electrons. The molecule has 152 valence electrons. The van der Waals surface area contributed by atoms with Gasteiger partial charge in [-0.05, 0) is 57.2 Å². The van der Waals surface area contributed by atoms with Crippen molar-refractivity contribution in [2.75, 3.05) is 24.9 Å². The minimum atomic E-state index is 0.138. The number of hydrogen-bond acceptors (Lipinski definition) is 7. The fraction of sp³-hybridized carbons (Fsp3) is 0.273. The Hall–Kier alpha value is -3.48. The Balaban J connectivity index is 1.76. The summed E-state index contributed by atoms with van der Waals surface area (Å²) < 4.78 is 16.3. The Morgan fingerprint density at radius 2 is 1.48 bits per heavy atom. The van der Waals surface area contributed by atoms with Gasteiger partial charge in [0.05, 0.1) is 20.3 Å². The van der Waals surface area contributed by atoms with Crippen LogP contribution in [0.15, 0.2) is 48.5 Å². The minimum Gasteiger partial charge on any atom is -0.493 e. The molecule has 0 saturated heterocycles. The molecule has 0 spiro atoms. The highest BCUT2D eigenvalue weighted by atomic mass is 16.5. The van der Waals surface area contributed by atoms with Gasteiger partial charge in [-0.25, -0.2) is 4.98 Å². The molecule has 29 heavy (non-hydrogen) atoms. The number of nitrogens with zero attached hydrogens (tertiary/aromatic N) is 2. The Labute approximate surface area is 171 Å². The third kappa shape index (κ3) is 5.51. The van der Waals surface area contributed by atoms with Crippen molar-refractivity contribution in [2.45, 2.75) is 26.9 Å². The quantitative estimate of drug-likeness (QED) is 0.552. The Morgan fingerprint density at radius 3 is 2.14 bits per heavy atom. The molecule has 0 saturated carbocycles. The van der Waals surface area contributed by atoms with E-state index in [2.05, 4.69) is 20.6 Å². The van der Waals surface area contributed by atoms with Crippen LogP contribution in [0, 0.1) is 6.92 Å². The zero-order valence-corrected chi connectivity index (χ0v) is 17.3. The van der Waals surface area contributed by atoms with Crippen molar-refractivity contribution in [3.05, 3.63) is 54.2 Å². The predicted octanol–water partition coefficient (Wildman–Crippen LogP) is 5.08. The minimum absolute atomic E-state index is 0.138. The van der Waals surface area contributed by atoms with E-state index in [1.165, 1.54) is 0 Å². The van der Waals surface area contributed by atoms with Crippen molar-refractivity contribution >= 4 is 23.1 Å². The molecular weight excluding hydrogens is 368 g/mol. The van der Waals surface area contributed by atoms with Gasteiger partial charge in [-0.15, -0.1) is 0 Å². The van der Waals surface area contributed by atoms with Gasteiger partial charge in [-0.1, -0.05) is 0 Å². The van der Waals surface area contributed by atoms with Crippen LogP contribution in [0.4, 0.5) is 23.1 Å². The molecule has 7 heteroatoms. The maximum atomic E-state index is 5.67. The second-order valence-corrected chi connectivity index (χ2v) is 6.73. The lowest BCUT2D eigenvalue weighted by atomic mass is 10.2. The zero-order chi connectivity index (χ0) is 20.8. The molecule has 0 unspecified atom stereocenters. The summed E-state index contributed by atoms with van der Waals surface area (Å²) in [6, 6.07) is 15.2. The molecule has 0 atom stereocenters. The summed E-state index contributed by atoms with van der Waals surface area (Å²) in [6.45, 7) is 5.92. The fourth-order valence-electron chi connectivity index (χ4n) is 2.77. The number of ether oxygens (including phenoxy) is 3. The van der Waals surface area contributed by atoms with Crippen LogP contribution >= 0.6 is 0 Å². The number of rotatable bonds is 8. The monoisotopic (exact) mass is 394 g/mol. The maximum absolute atomic E-state index is 5.67. The van der Waals surface area contributed by atoms with Gasteiger partial charge in [0.25, 0.3) is 0 Å². The highest BCUT2D eigenvalue weighted by molar-refractivity contribution is 5.63. The number of anilines is 4. The molecule has 0 aliphatic rings. The summed E-state index contributed by atoms with van der Waals surface area (Å²) in [6.07, 6.45) is 0.138. The van der Waals surface area contributed by atoms with E-state index in [-0.39, 0.29) is 6.10 Å². The summed E-state index contributed by atoms with van der Waals surface area (Å²) in [5.41, 5.74) is 2.55. The van der Waals surface area contributed by atoms with Gasteiger partial charge in [-0.3, -0.25) is 0 Å². The lowest BCUT2D eigenvalue weighted by Gasteiger charge is -2.13. The number of nitrogens with one attached hydrogen (secondary N) is 2. The van der Waals surface area contributed by atoms with Gasteiger partial charge in [0.15, 0.2) is 11.5 Å². The number of benzene rings is 2. The van der Waals surface area contributed by atoms with Crippen molar-refractivity contribution in [2.24, 2.45) is 0 Å². The molecule has 7 nitrogen and oxygen atoms in total. The van der Waals surface area contributed by atoms with E-state index in [0.29, 0.717) is 23.3 Å². The van der Waals surface area contributed by atoms with Crippen LogP contribution < -0.4 is 24.8 Å². The van der Waals surface area contributed by atoms with Crippen molar-refractivity contribution in [3.8, 4) is 17.2 Å². The number of aryl methyl sites for hydroxylation is 1. The van der Waals surface area contributed by atoms with Gasteiger partial charge in [0, 0.05) is 29.2 Å². The molecule has 0 aliphatic carbocycles. The second kappa shape index (κ2) is 9.14. The SMILES string of the molecule is COc1ccc(Nc2cc(C)nc(Nc3ccc(OC(C)C)cc3)n2)cc1OC. The van der Waals surface area contributed by atoms with E-state index in [1.54, 1.807) is 14.2 Å². The molecule has 2 aromatic carbocycles. The van der Waals surface area contributed by atoms with E-state index in [1.807, 2.05) is 69.3 Å². The maximum Gasteiger partial charge on any atom is 0.229 e. The van der Waals surface area contributed by atoms with Crippen LogP contribution in [0.5, 0.6) is 17.2 Å². The van der Waals surface area contributed by atoms with Gasteiger partial charge in [0.2, 0.25) is 5.95 Å². The molecule has 3 aromatic rings. The smallest absolute Gasteiger partial charge is 0.229 e. The molecule has 1 aromatic heterocycles. The molecule has 0 aliphatic heterocycles. The number of aromatic nitrogens is 2. The van der Waals surface area contributed by atoms with Gasteiger partial charge in [0.1, 0.15) is 11.6 Å². The van der Waals surface area contributed by atoms with E-state index >= 15 is 0 Å². The van der Waals surface area contributed by atoms with Gasteiger partial charge < -0.3 is 24.8 Å². The molecule has 3 rings (SSSR count). The Bertz CT molecular complexity index is 959. The van der Waals surface area contributed by atoms with Crippen LogP contribution in [0.3, 0.4) is 0 Å². The van der Waals surface area contributed by atoms with Crippen molar-refractivity contribution in [1.29, 1.82) is 0 Å². The number of hydrogen-bond donors (Lipinski definition) is 2. The van der Waals surface area contributed by atoms with Crippen LogP contribution in [-0.2, 0) is 0 Å². The molecule has 1 heterocycles. The van der Waals surface area contributed by atoms with Gasteiger partial charge >= 0.3 is 0 Å². The van der Waals surface area contributed by atoms with Crippen LogP contribution in [0.2, 0.25) is 0 Å². The van der Waals surface area contributed by atoms with E-state index in [9.17, 15) is 0 Å². The Morgan fingerprint density at radius 1 is 0.793 bits per heavy atom. The molecule has 0 bridgehead atoms. The summed E-state index contributed by atoms with van der Waals surface area (Å²) in [5.74, 6) is 3.32. The second-order valence-electron chi connectivity index (χ2n) is 6.73. The molecular formula is C22H26N4O3. The highest BCUT2D eigenvalue weighted by Crippen LogP contribution is 2.31. The first-order chi connectivity index (χ1) is 14.0. The van der Waals surface area contributed by atoms with Crippen molar-refractivity contribution < 1.29 is 14.2 Å². The number of methoxy groups -OCH3 is 2. The van der Waals surface area contributed by atoms with Crippen molar-refractivity contribution in [3.63, 3.8) is 0 Å². The molecule has 0 fully saturated rings. The summed E-state index contributed by atoms with van der Waals surface area (Å²) in [5, 5.41) is 6.51. The van der Waals surface area contributed by atoms with E-state index in [0.717, 1.165) is 22.8 Å². The summed E-state index contributed by atoms with van der Waals surface area (Å²) >= 11 is 0. The summed E-state index contributed by atoms with van der Waals surface area (Å²) in [7, 11) is 3.22. The molecule has 0 amide bonds. The predicted molar refractivity (Wildman–Crippen MR) is 115 cm³/mol. The topological polar surface area (TPSA) is 77.5 Å². The third-order valence-electron chi connectivity index (χ3n) is 3.99. The van der Waals surface area contributed by atoms with Gasteiger partial charge in [-0.2, -0.15) is 4.98 Å². The average molecular weight is 394 g/mol. The summed E-state index contributed by atoms with van der Waals surface area (Å²) in [4.78, 5) is 9.02. The zero-order valence-electron chi connectivity index (χ0n) is 17.3. The standard InChI is InChI=1S/C22H26N4O3/c1-14(2)29-18-9-6-16(7-10-18)25-22-23-15(3)12-21(26-22)24-17-8-11-19(27-4)20(13-17)28-5/h6-14H,1-5H3,(H2,23,24,25,26). The lowest BCUT2D eigenvalue weighted by molar-refractivity contribution is 0.242.